The summed E-state index contributed by atoms with van der Waals surface area (Å²) >= 11 is 7.92. The van der Waals surface area contributed by atoms with Crippen molar-refractivity contribution >= 4 is 34.2 Å². The average molecular weight is 335 g/mol. The van der Waals surface area contributed by atoms with Gasteiger partial charge in [-0.3, -0.25) is 0 Å². The van der Waals surface area contributed by atoms with E-state index in [0.717, 1.165) is 6.42 Å². The summed E-state index contributed by atoms with van der Waals surface area (Å²) in [6, 6.07) is 0. The van der Waals surface area contributed by atoms with E-state index in [0.29, 0.717) is 6.61 Å². The second-order valence-corrected chi connectivity index (χ2v) is 6.96. The maximum Gasteiger partial charge on any atom is 0.116 e. The quantitative estimate of drug-likeness (QED) is 0.597. The lowest BCUT2D eigenvalue weighted by molar-refractivity contribution is -0.0123. The fourth-order valence-corrected chi connectivity index (χ4v) is 3.20. The molecule has 2 nitrogen and oxygen atoms in total. The Morgan fingerprint density at radius 2 is 1.93 bits per heavy atom. The molecule has 0 heterocycles. The number of aliphatic hydroxyl groups is 1. The molecule has 0 rings (SSSR count). The zero-order valence-corrected chi connectivity index (χ0v) is 12.2. The highest BCUT2D eigenvalue weighted by atomic mass is 127. The summed E-state index contributed by atoms with van der Waals surface area (Å²) in [5.41, 5.74) is -0.215. The van der Waals surface area contributed by atoms with Gasteiger partial charge in [0, 0.05) is 12.5 Å². The van der Waals surface area contributed by atoms with Gasteiger partial charge in [0.1, 0.15) is 3.61 Å². The number of alkyl halides is 2. The Morgan fingerprint density at radius 1 is 1.43 bits per heavy atom. The summed E-state index contributed by atoms with van der Waals surface area (Å²) < 4.78 is 5.36. The minimum Gasteiger partial charge on any atom is -0.391 e. The van der Waals surface area contributed by atoms with Crippen LogP contribution >= 0.6 is 34.2 Å². The van der Waals surface area contributed by atoms with Gasteiger partial charge in [-0.2, -0.15) is 0 Å². The Hall–Kier alpha value is 0.940. The first-order valence-corrected chi connectivity index (χ1v) is 6.43. The molecule has 1 unspecified atom stereocenters. The van der Waals surface area contributed by atoms with Gasteiger partial charge in [0.15, 0.2) is 0 Å². The van der Waals surface area contributed by atoms with Crippen LogP contribution in [0.4, 0.5) is 0 Å². The molecule has 0 bridgehead atoms. The Labute approximate surface area is 105 Å². The predicted molar refractivity (Wildman–Crippen MR) is 69.2 cm³/mol. The molecule has 0 aromatic heterocycles. The van der Waals surface area contributed by atoms with E-state index in [9.17, 15) is 5.11 Å². The van der Waals surface area contributed by atoms with E-state index in [1.54, 1.807) is 0 Å². The van der Waals surface area contributed by atoms with Crippen LogP contribution in [0.5, 0.6) is 0 Å². The van der Waals surface area contributed by atoms with Gasteiger partial charge in [0.25, 0.3) is 0 Å². The van der Waals surface area contributed by atoms with Crippen molar-refractivity contribution < 1.29 is 9.84 Å². The SMILES string of the molecule is CCOC(C)(I)CC(C)(C)[C@@H](O)CCl. The average Bonchev–Trinajstić information content (AvgIpc) is 2.00. The summed E-state index contributed by atoms with van der Waals surface area (Å²) in [6.45, 7) is 8.71. The van der Waals surface area contributed by atoms with E-state index < -0.39 is 6.10 Å². The zero-order chi connectivity index (χ0) is 11.4. The summed E-state index contributed by atoms with van der Waals surface area (Å²) in [4.78, 5) is 0. The summed E-state index contributed by atoms with van der Waals surface area (Å²) in [5.74, 6) is 0.270. The summed E-state index contributed by atoms with van der Waals surface area (Å²) in [7, 11) is 0. The molecule has 0 amide bonds. The van der Waals surface area contributed by atoms with Gasteiger partial charge in [-0.05, 0) is 48.3 Å². The molecule has 1 N–H and O–H groups in total. The van der Waals surface area contributed by atoms with E-state index in [2.05, 4.69) is 22.6 Å². The van der Waals surface area contributed by atoms with Gasteiger partial charge in [-0.1, -0.05) is 13.8 Å². The first kappa shape index (κ1) is 14.9. The van der Waals surface area contributed by atoms with Gasteiger partial charge >= 0.3 is 0 Å². The van der Waals surface area contributed by atoms with Crippen LogP contribution in [0.25, 0.3) is 0 Å². The molecule has 86 valence electrons. The maximum absolute atomic E-state index is 9.73. The van der Waals surface area contributed by atoms with Crippen LogP contribution in [0.1, 0.15) is 34.1 Å². The van der Waals surface area contributed by atoms with Crippen molar-refractivity contribution in [3.05, 3.63) is 0 Å². The second-order valence-electron chi connectivity index (χ2n) is 4.37. The second kappa shape index (κ2) is 5.87. The van der Waals surface area contributed by atoms with Gasteiger partial charge in [0.2, 0.25) is 0 Å². The third kappa shape index (κ3) is 5.14. The van der Waals surface area contributed by atoms with Crippen LogP contribution in [0, 0.1) is 5.41 Å². The van der Waals surface area contributed by atoms with Crippen molar-refractivity contribution in [3.63, 3.8) is 0 Å². The Balaban J connectivity index is 4.33. The lowest BCUT2D eigenvalue weighted by atomic mass is 9.82. The molecule has 0 fully saturated rings. The van der Waals surface area contributed by atoms with Crippen LogP contribution in [-0.2, 0) is 4.74 Å². The Bertz CT molecular complexity index is 172. The van der Waals surface area contributed by atoms with Crippen molar-refractivity contribution in [1.29, 1.82) is 0 Å². The molecule has 14 heavy (non-hydrogen) atoms. The van der Waals surface area contributed by atoms with Crippen LogP contribution in [0.2, 0.25) is 0 Å². The minimum absolute atomic E-state index is 0.215. The van der Waals surface area contributed by atoms with Gasteiger partial charge < -0.3 is 9.84 Å². The van der Waals surface area contributed by atoms with Crippen molar-refractivity contribution in [1.82, 2.24) is 0 Å². The van der Waals surface area contributed by atoms with Crippen molar-refractivity contribution in [2.45, 2.75) is 43.8 Å². The molecule has 0 spiro atoms. The molecule has 0 saturated heterocycles. The summed E-state index contributed by atoms with van der Waals surface area (Å²) in [6.07, 6.45) is 0.293. The monoisotopic (exact) mass is 334 g/mol. The third-order valence-electron chi connectivity index (χ3n) is 2.26. The van der Waals surface area contributed by atoms with Crippen LogP contribution in [-0.4, -0.2) is 27.3 Å². The van der Waals surface area contributed by atoms with Crippen LogP contribution in [0.15, 0.2) is 0 Å². The topological polar surface area (TPSA) is 29.5 Å². The van der Waals surface area contributed by atoms with Crippen LogP contribution in [0.3, 0.4) is 0 Å². The Morgan fingerprint density at radius 3 is 2.29 bits per heavy atom. The number of hydrogen-bond donors (Lipinski definition) is 1. The maximum atomic E-state index is 9.73. The fraction of sp³-hybridized carbons (Fsp3) is 1.00. The zero-order valence-electron chi connectivity index (χ0n) is 9.31. The number of rotatable bonds is 6. The molecule has 0 aliphatic heterocycles. The number of aliphatic hydroxyl groups excluding tert-OH is 1. The fourth-order valence-electron chi connectivity index (χ4n) is 1.49. The van der Waals surface area contributed by atoms with Crippen molar-refractivity contribution in [3.8, 4) is 0 Å². The molecule has 0 radical (unpaired) electrons. The highest BCUT2D eigenvalue weighted by Crippen LogP contribution is 2.37. The highest BCUT2D eigenvalue weighted by Gasteiger charge is 2.35. The smallest absolute Gasteiger partial charge is 0.116 e. The van der Waals surface area contributed by atoms with E-state index in [4.69, 9.17) is 16.3 Å². The predicted octanol–water partition coefficient (Wildman–Crippen LogP) is 3.19. The number of hydrogen-bond acceptors (Lipinski definition) is 2. The highest BCUT2D eigenvalue weighted by molar-refractivity contribution is 14.1. The molecular formula is C10H20ClIO2. The molecule has 0 aliphatic rings. The molecular weight excluding hydrogens is 314 g/mol. The number of ether oxygens (including phenoxy) is 1. The van der Waals surface area contributed by atoms with Gasteiger partial charge in [0.05, 0.1) is 6.10 Å². The van der Waals surface area contributed by atoms with Gasteiger partial charge in [-0.25, -0.2) is 0 Å². The first-order chi connectivity index (χ1) is 6.25. The van der Waals surface area contributed by atoms with E-state index >= 15 is 0 Å². The standard InChI is InChI=1S/C10H20ClIO2/c1-5-14-10(4,12)7-9(2,3)8(13)6-11/h8,13H,5-7H2,1-4H3/t8-,10?/m0/s1. The molecule has 4 heteroatoms. The Kier molecular flexibility index (Phi) is 6.26. The molecule has 0 aromatic carbocycles. The first-order valence-electron chi connectivity index (χ1n) is 4.82. The van der Waals surface area contributed by atoms with E-state index in [-0.39, 0.29) is 14.9 Å². The molecule has 0 aromatic rings. The largest absolute Gasteiger partial charge is 0.391 e. The minimum atomic E-state index is -0.487. The van der Waals surface area contributed by atoms with Gasteiger partial charge in [-0.15, -0.1) is 11.6 Å². The molecule has 2 atom stereocenters. The normalized spacial score (nSPS) is 19.1. The van der Waals surface area contributed by atoms with E-state index in [1.165, 1.54) is 0 Å². The van der Waals surface area contributed by atoms with Crippen LogP contribution < -0.4 is 0 Å². The van der Waals surface area contributed by atoms with Crippen molar-refractivity contribution in [2.24, 2.45) is 5.41 Å². The van der Waals surface area contributed by atoms with E-state index in [1.807, 2.05) is 27.7 Å². The molecule has 0 aliphatic carbocycles. The lowest BCUT2D eigenvalue weighted by Gasteiger charge is -2.36. The lowest BCUT2D eigenvalue weighted by Crippen LogP contribution is -2.37. The molecule has 0 saturated carbocycles. The van der Waals surface area contributed by atoms with Crippen molar-refractivity contribution in [2.75, 3.05) is 12.5 Å². The third-order valence-corrected chi connectivity index (χ3v) is 3.25. The summed E-state index contributed by atoms with van der Waals surface area (Å²) in [5, 5.41) is 9.73. The number of halogens is 2.